The minimum atomic E-state index is -4.86. The largest absolute Gasteiger partial charge is 0.419 e. The Morgan fingerprint density at radius 3 is 2.34 bits per heavy atom. The molecule has 0 aliphatic heterocycles. The highest BCUT2D eigenvalue weighted by atomic mass is 19.4. The Morgan fingerprint density at radius 1 is 0.966 bits per heavy atom. The Bertz CT molecular complexity index is 1270. The molecule has 0 saturated heterocycles. The summed E-state index contributed by atoms with van der Waals surface area (Å²) in [6.07, 6.45) is -4.86. The molecule has 29 heavy (non-hydrogen) atoms. The van der Waals surface area contributed by atoms with E-state index in [9.17, 15) is 26.7 Å². The molecule has 0 bridgehead atoms. The molecule has 3 nitrogen and oxygen atoms in total. The van der Waals surface area contributed by atoms with Gasteiger partial charge in [-0.05, 0) is 24.3 Å². The van der Waals surface area contributed by atoms with Gasteiger partial charge in [-0.25, -0.2) is 8.78 Å². The summed E-state index contributed by atoms with van der Waals surface area (Å²) in [5.74, 6) is -2.80. The van der Waals surface area contributed by atoms with E-state index in [-0.39, 0.29) is 23.2 Å². The second kappa shape index (κ2) is 6.58. The number of nitrogens with two attached hydrogens (primary N) is 1. The fraction of sp³-hybridized carbons (Fsp3) is 0.0952. The average Bonchev–Trinajstić information content (AvgIpc) is 2.97. The Balaban J connectivity index is 2.03. The van der Waals surface area contributed by atoms with Crippen LogP contribution in [0.25, 0.3) is 21.8 Å². The molecule has 1 aromatic heterocycles. The van der Waals surface area contributed by atoms with Gasteiger partial charge in [0.05, 0.1) is 23.1 Å². The van der Waals surface area contributed by atoms with Crippen molar-refractivity contribution >= 4 is 27.7 Å². The minimum absolute atomic E-state index is 0.0491. The number of primary amides is 1. The van der Waals surface area contributed by atoms with Gasteiger partial charge in [-0.2, -0.15) is 13.2 Å². The first kappa shape index (κ1) is 18.9. The van der Waals surface area contributed by atoms with E-state index in [0.29, 0.717) is 22.4 Å². The van der Waals surface area contributed by atoms with Crippen LogP contribution in [0.15, 0.2) is 54.6 Å². The second-order valence-corrected chi connectivity index (χ2v) is 6.56. The number of halogens is 5. The zero-order valence-corrected chi connectivity index (χ0v) is 14.7. The molecule has 0 atom stereocenters. The molecule has 3 aromatic carbocycles. The summed E-state index contributed by atoms with van der Waals surface area (Å²) in [5.41, 5.74) is 4.33. The van der Waals surface area contributed by atoms with E-state index in [1.54, 1.807) is 12.1 Å². The SMILES string of the molecule is NC(=O)c1cccc2c1c1cccc(F)c1n2Cc1cccc(C(F)(F)F)c1F. The lowest BCUT2D eigenvalue weighted by atomic mass is 10.1. The van der Waals surface area contributed by atoms with Crippen molar-refractivity contribution in [2.24, 2.45) is 5.73 Å². The number of amides is 1. The van der Waals surface area contributed by atoms with Gasteiger partial charge in [0.2, 0.25) is 5.91 Å². The molecule has 0 spiro atoms. The van der Waals surface area contributed by atoms with Crippen LogP contribution < -0.4 is 5.73 Å². The van der Waals surface area contributed by atoms with Crippen LogP contribution in [-0.2, 0) is 12.7 Å². The highest BCUT2D eigenvalue weighted by molar-refractivity contribution is 6.17. The van der Waals surface area contributed by atoms with Gasteiger partial charge in [0, 0.05) is 21.9 Å². The number of fused-ring (bicyclic) bond motifs is 3. The molecule has 1 heterocycles. The molecule has 0 saturated carbocycles. The van der Waals surface area contributed by atoms with Gasteiger partial charge < -0.3 is 10.3 Å². The molecule has 148 valence electrons. The summed E-state index contributed by atoms with van der Waals surface area (Å²) >= 11 is 0. The Labute approximate surface area is 161 Å². The quantitative estimate of drug-likeness (QED) is 0.467. The lowest BCUT2D eigenvalue weighted by molar-refractivity contribution is -0.140. The number of hydrogen-bond donors (Lipinski definition) is 1. The monoisotopic (exact) mass is 404 g/mol. The molecular weight excluding hydrogens is 391 g/mol. The van der Waals surface area contributed by atoms with E-state index in [0.717, 1.165) is 6.07 Å². The first-order valence-electron chi connectivity index (χ1n) is 8.54. The van der Waals surface area contributed by atoms with Crippen molar-refractivity contribution in [3.63, 3.8) is 0 Å². The first-order chi connectivity index (χ1) is 13.7. The molecule has 0 radical (unpaired) electrons. The number of para-hydroxylation sites is 1. The van der Waals surface area contributed by atoms with Crippen LogP contribution in [-0.4, -0.2) is 10.5 Å². The molecule has 0 aliphatic rings. The molecule has 4 rings (SSSR count). The summed E-state index contributed by atoms with van der Waals surface area (Å²) in [5, 5.41) is 0.726. The number of rotatable bonds is 3. The van der Waals surface area contributed by atoms with Gasteiger partial charge in [-0.15, -0.1) is 0 Å². The predicted molar refractivity (Wildman–Crippen MR) is 98.4 cm³/mol. The molecule has 1 amide bonds. The zero-order valence-electron chi connectivity index (χ0n) is 14.7. The number of aromatic nitrogens is 1. The van der Waals surface area contributed by atoms with E-state index in [2.05, 4.69) is 0 Å². The zero-order chi connectivity index (χ0) is 20.9. The number of alkyl halides is 3. The van der Waals surface area contributed by atoms with Gasteiger partial charge in [0.15, 0.2) is 0 Å². The Morgan fingerprint density at radius 2 is 1.66 bits per heavy atom. The highest BCUT2D eigenvalue weighted by Crippen LogP contribution is 2.36. The molecule has 4 aromatic rings. The van der Waals surface area contributed by atoms with Gasteiger partial charge in [-0.3, -0.25) is 4.79 Å². The van der Waals surface area contributed by atoms with Gasteiger partial charge in [0.25, 0.3) is 0 Å². The van der Waals surface area contributed by atoms with Gasteiger partial charge >= 0.3 is 6.18 Å². The summed E-state index contributed by atoms with van der Waals surface area (Å²) in [7, 11) is 0. The third-order valence-electron chi connectivity index (χ3n) is 4.84. The summed E-state index contributed by atoms with van der Waals surface area (Å²) < 4.78 is 69.8. The highest BCUT2D eigenvalue weighted by Gasteiger charge is 2.35. The van der Waals surface area contributed by atoms with Crippen LogP contribution in [0.3, 0.4) is 0 Å². The number of carbonyl (C=O) groups is 1. The van der Waals surface area contributed by atoms with Crippen LogP contribution in [0.4, 0.5) is 22.0 Å². The number of hydrogen-bond acceptors (Lipinski definition) is 1. The Kier molecular flexibility index (Phi) is 4.29. The van der Waals surface area contributed by atoms with Crippen molar-refractivity contribution in [1.29, 1.82) is 0 Å². The topological polar surface area (TPSA) is 48.0 Å². The normalized spacial score (nSPS) is 12.0. The van der Waals surface area contributed by atoms with Crippen LogP contribution >= 0.6 is 0 Å². The maximum Gasteiger partial charge on any atom is 0.419 e. The van der Waals surface area contributed by atoms with Crippen molar-refractivity contribution in [2.45, 2.75) is 12.7 Å². The summed E-state index contributed by atoms with van der Waals surface area (Å²) in [4.78, 5) is 11.9. The van der Waals surface area contributed by atoms with E-state index in [1.807, 2.05) is 0 Å². The molecule has 0 aliphatic carbocycles. The van der Waals surface area contributed by atoms with Crippen LogP contribution in [0, 0.1) is 11.6 Å². The minimum Gasteiger partial charge on any atom is -0.366 e. The smallest absolute Gasteiger partial charge is 0.366 e. The van der Waals surface area contributed by atoms with Crippen LogP contribution in [0.5, 0.6) is 0 Å². The lowest BCUT2D eigenvalue weighted by Crippen LogP contribution is -2.12. The van der Waals surface area contributed by atoms with Gasteiger partial charge in [-0.1, -0.05) is 30.3 Å². The van der Waals surface area contributed by atoms with E-state index in [1.165, 1.54) is 34.9 Å². The standard InChI is InChI=1S/C21H13F5N2O/c22-15-8-2-5-12-17-13(20(27)29)6-3-9-16(17)28(19(12)15)10-11-4-1-7-14(18(11)23)21(24,25)26/h1-9H,10H2,(H2,27,29). The third kappa shape index (κ3) is 3.00. The molecule has 8 heteroatoms. The Hall–Kier alpha value is -3.42. The van der Waals surface area contributed by atoms with E-state index in [4.69, 9.17) is 5.73 Å². The number of carbonyl (C=O) groups excluding carboxylic acids is 1. The summed E-state index contributed by atoms with van der Waals surface area (Å²) in [6, 6.07) is 11.7. The van der Waals surface area contributed by atoms with Crippen molar-refractivity contribution in [3.8, 4) is 0 Å². The molecule has 0 fully saturated rings. The predicted octanol–water partition coefficient (Wildman–Crippen LogP) is 5.24. The lowest BCUT2D eigenvalue weighted by Gasteiger charge is -2.13. The molecule has 2 N–H and O–H groups in total. The fourth-order valence-electron chi connectivity index (χ4n) is 3.62. The van der Waals surface area contributed by atoms with Crippen LogP contribution in [0.1, 0.15) is 21.5 Å². The maximum absolute atomic E-state index is 14.7. The second-order valence-electron chi connectivity index (χ2n) is 6.56. The fourth-order valence-corrected chi connectivity index (χ4v) is 3.62. The maximum atomic E-state index is 14.7. The van der Waals surface area contributed by atoms with Crippen molar-refractivity contribution < 1.29 is 26.7 Å². The van der Waals surface area contributed by atoms with Gasteiger partial charge in [0.1, 0.15) is 11.6 Å². The van der Waals surface area contributed by atoms with E-state index >= 15 is 0 Å². The van der Waals surface area contributed by atoms with Crippen molar-refractivity contribution in [3.05, 3.63) is 82.9 Å². The van der Waals surface area contributed by atoms with E-state index < -0.39 is 29.3 Å². The molecule has 0 unspecified atom stereocenters. The average molecular weight is 404 g/mol. The first-order valence-corrected chi connectivity index (χ1v) is 8.54. The van der Waals surface area contributed by atoms with Crippen molar-refractivity contribution in [1.82, 2.24) is 4.57 Å². The molecular formula is C21H13F5N2O. The summed E-state index contributed by atoms with van der Waals surface area (Å²) in [6.45, 7) is -0.362. The number of benzene rings is 3. The van der Waals surface area contributed by atoms with Crippen molar-refractivity contribution in [2.75, 3.05) is 0 Å². The van der Waals surface area contributed by atoms with Crippen LogP contribution in [0.2, 0.25) is 0 Å². The third-order valence-corrected chi connectivity index (χ3v) is 4.84. The number of nitrogens with zero attached hydrogens (tertiary/aromatic N) is 1.